The van der Waals surface area contributed by atoms with Crippen LogP contribution in [0, 0.1) is 0 Å². The Balaban J connectivity index is 1.74. The van der Waals surface area contributed by atoms with Gasteiger partial charge in [-0.1, -0.05) is 0 Å². The molecule has 0 N–H and O–H groups in total. The first-order valence-corrected chi connectivity index (χ1v) is 7.54. The zero-order valence-electron chi connectivity index (χ0n) is 11.7. The minimum absolute atomic E-state index is 0.674. The Morgan fingerprint density at radius 1 is 1.28 bits per heavy atom. The van der Waals surface area contributed by atoms with Gasteiger partial charge in [-0.3, -0.25) is 4.90 Å². The van der Waals surface area contributed by atoms with Crippen LogP contribution in [0.2, 0.25) is 0 Å². The Bertz CT molecular complexity index is 408. The molecular formula is C15H25N3. The Morgan fingerprint density at radius 3 is 3.00 bits per heavy atom. The second-order valence-corrected chi connectivity index (χ2v) is 6.11. The number of rotatable bonds is 3. The molecule has 3 nitrogen and oxygen atoms in total. The van der Waals surface area contributed by atoms with Crippen molar-refractivity contribution in [2.75, 3.05) is 6.54 Å². The average molecular weight is 247 g/mol. The van der Waals surface area contributed by atoms with Gasteiger partial charge in [0.2, 0.25) is 0 Å². The van der Waals surface area contributed by atoms with Crippen LogP contribution in [0.3, 0.4) is 0 Å². The number of aromatic nitrogens is 2. The molecule has 3 rings (SSSR count). The topological polar surface area (TPSA) is 21.1 Å². The Hall–Kier alpha value is -0.830. The standard InChI is InChI=1S/C15H25N3/c1-12(2)17-9-5-7-13(17)10-15-16-11-14-6-3-4-8-18(14)15/h11-13H,3-10H2,1-2H3. The summed E-state index contributed by atoms with van der Waals surface area (Å²) in [6.45, 7) is 7.10. The largest absolute Gasteiger partial charge is 0.332 e. The number of imidazole rings is 1. The minimum Gasteiger partial charge on any atom is -0.332 e. The molecule has 1 aromatic rings. The van der Waals surface area contributed by atoms with Crippen molar-refractivity contribution in [2.24, 2.45) is 0 Å². The van der Waals surface area contributed by atoms with Gasteiger partial charge in [-0.2, -0.15) is 0 Å². The van der Waals surface area contributed by atoms with E-state index in [0.29, 0.717) is 6.04 Å². The molecule has 1 unspecified atom stereocenters. The molecule has 1 aromatic heterocycles. The number of likely N-dealkylation sites (tertiary alicyclic amines) is 1. The van der Waals surface area contributed by atoms with Crippen molar-refractivity contribution >= 4 is 0 Å². The molecule has 0 radical (unpaired) electrons. The van der Waals surface area contributed by atoms with Crippen molar-refractivity contribution in [2.45, 2.75) is 71.0 Å². The van der Waals surface area contributed by atoms with Gasteiger partial charge in [-0.05, 0) is 52.5 Å². The van der Waals surface area contributed by atoms with Crippen LogP contribution in [0.4, 0.5) is 0 Å². The highest BCUT2D eigenvalue weighted by Crippen LogP contribution is 2.24. The quantitative estimate of drug-likeness (QED) is 0.818. The van der Waals surface area contributed by atoms with E-state index in [-0.39, 0.29) is 0 Å². The molecule has 0 bridgehead atoms. The van der Waals surface area contributed by atoms with Crippen LogP contribution in [-0.4, -0.2) is 33.1 Å². The summed E-state index contributed by atoms with van der Waals surface area (Å²) < 4.78 is 2.49. The molecule has 2 aliphatic rings. The highest BCUT2D eigenvalue weighted by Gasteiger charge is 2.28. The monoisotopic (exact) mass is 247 g/mol. The van der Waals surface area contributed by atoms with Crippen molar-refractivity contribution in [3.05, 3.63) is 17.7 Å². The van der Waals surface area contributed by atoms with Gasteiger partial charge in [0.15, 0.2) is 0 Å². The van der Waals surface area contributed by atoms with Crippen molar-refractivity contribution in [3.8, 4) is 0 Å². The van der Waals surface area contributed by atoms with Crippen molar-refractivity contribution in [3.63, 3.8) is 0 Å². The zero-order valence-corrected chi connectivity index (χ0v) is 11.7. The Morgan fingerprint density at radius 2 is 2.17 bits per heavy atom. The summed E-state index contributed by atoms with van der Waals surface area (Å²) in [7, 11) is 0. The predicted octanol–water partition coefficient (Wildman–Crippen LogP) is 2.63. The van der Waals surface area contributed by atoms with E-state index in [1.807, 2.05) is 0 Å². The third-order valence-electron chi connectivity index (χ3n) is 4.59. The van der Waals surface area contributed by atoms with E-state index in [1.165, 1.54) is 56.7 Å². The lowest BCUT2D eigenvalue weighted by Gasteiger charge is -2.28. The summed E-state index contributed by atoms with van der Waals surface area (Å²) in [6.07, 6.45) is 9.87. The highest BCUT2D eigenvalue weighted by molar-refractivity contribution is 5.09. The highest BCUT2D eigenvalue weighted by atomic mass is 15.2. The number of fused-ring (bicyclic) bond motifs is 1. The van der Waals surface area contributed by atoms with Gasteiger partial charge in [0.05, 0.1) is 0 Å². The predicted molar refractivity (Wildman–Crippen MR) is 73.7 cm³/mol. The second-order valence-electron chi connectivity index (χ2n) is 6.11. The smallest absolute Gasteiger partial charge is 0.110 e. The molecule has 1 fully saturated rings. The molecule has 0 amide bonds. The Labute approximate surface area is 110 Å². The summed E-state index contributed by atoms with van der Waals surface area (Å²) in [6, 6.07) is 1.40. The molecule has 0 spiro atoms. The fourth-order valence-corrected chi connectivity index (χ4v) is 3.63. The van der Waals surface area contributed by atoms with Crippen LogP contribution < -0.4 is 0 Å². The first kappa shape index (κ1) is 12.2. The first-order chi connectivity index (χ1) is 8.75. The molecule has 3 heteroatoms. The number of aryl methyl sites for hydroxylation is 1. The fraction of sp³-hybridized carbons (Fsp3) is 0.800. The number of hydrogen-bond acceptors (Lipinski definition) is 2. The van der Waals surface area contributed by atoms with Crippen LogP contribution in [-0.2, 0) is 19.4 Å². The lowest BCUT2D eigenvalue weighted by atomic mass is 10.1. The van der Waals surface area contributed by atoms with E-state index in [1.54, 1.807) is 0 Å². The van der Waals surface area contributed by atoms with Crippen LogP contribution in [0.5, 0.6) is 0 Å². The molecule has 3 heterocycles. The van der Waals surface area contributed by atoms with Gasteiger partial charge in [0.25, 0.3) is 0 Å². The van der Waals surface area contributed by atoms with Gasteiger partial charge in [-0.15, -0.1) is 0 Å². The van der Waals surface area contributed by atoms with Crippen LogP contribution in [0.15, 0.2) is 6.20 Å². The van der Waals surface area contributed by atoms with Crippen molar-refractivity contribution < 1.29 is 0 Å². The SMILES string of the molecule is CC(C)N1CCCC1Cc1ncc2n1CCCC2. The van der Waals surface area contributed by atoms with E-state index >= 15 is 0 Å². The molecule has 2 aliphatic heterocycles. The van der Waals surface area contributed by atoms with E-state index in [9.17, 15) is 0 Å². The molecule has 100 valence electrons. The van der Waals surface area contributed by atoms with E-state index < -0.39 is 0 Å². The summed E-state index contributed by atoms with van der Waals surface area (Å²) in [5.41, 5.74) is 1.46. The normalized spacial score (nSPS) is 24.7. The molecule has 0 aromatic carbocycles. The first-order valence-electron chi connectivity index (χ1n) is 7.54. The second kappa shape index (κ2) is 5.04. The molecule has 0 aliphatic carbocycles. The minimum atomic E-state index is 0.674. The molecule has 18 heavy (non-hydrogen) atoms. The summed E-state index contributed by atoms with van der Waals surface area (Å²) >= 11 is 0. The molecule has 1 atom stereocenters. The van der Waals surface area contributed by atoms with Gasteiger partial charge in [0, 0.05) is 36.9 Å². The summed E-state index contributed by atoms with van der Waals surface area (Å²) in [4.78, 5) is 7.35. The van der Waals surface area contributed by atoms with E-state index in [0.717, 1.165) is 12.5 Å². The van der Waals surface area contributed by atoms with Crippen LogP contribution in [0.25, 0.3) is 0 Å². The van der Waals surface area contributed by atoms with Crippen LogP contribution >= 0.6 is 0 Å². The molecular weight excluding hydrogens is 222 g/mol. The van der Waals surface area contributed by atoms with Gasteiger partial charge < -0.3 is 4.57 Å². The maximum Gasteiger partial charge on any atom is 0.110 e. The summed E-state index contributed by atoms with van der Waals surface area (Å²) in [5, 5.41) is 0. The lowest BCUT2D eigenvalue weighted by Crippen LogP contribution is -2.37. The van der Waals surface area contributed by atoms with Gasteiger partial charge in [-0.25, -0.2) is 4.98 Å². The Kier molecular flexibility index (Phi) is 3.42. The number of hydrogen-bond donors (Lipinski definition) is 0. The van der Waals surface area contributed by atoms with Gasteiger partial charge >= 0.3 is 0 Å². The van der Waals surface area contributed by atoms with E-state index in [4.69, 9.17) is 4.98 Å². The van der Waals surface area contributed by atoms with Crippen LogP contribution in [0.1, 0.15) is 51.0 Å². The van der Waals surface area contributed by atoms with Crippen molar-refractivity contribution in [1.82, 2.24) is 14.5 Å². The maximum atomic E-state index is 4.69. The third kappa shape index (κ3) is 2.20. The van der Waals surface area contributed by atoms with E-state index in [2.05, 4.69) is 29.5 Å². The molecule has 0 saturated carbocycles. The molecule has 1 saturated heterocycles. The summed E-state index contributed by atoms with van der Waals surface area (Å²) in [5.74, 6) is 1.34. The fourth-order valence-electron chi connectivity index (χ4n) is 3.63. The van der Waals surface area contributed by atoms with Crippen molar-refractivity contribution in [1.29, 1.82) is 0 Å². The lowest BCUT2D eigenvalue weighted by molar-refractivity contribution is 0.199. The number of nitrogens with zero attached hydrogens (tertiary/aromatic N) is 3. The van der Waals surface area contributed by atoms with Gasteiger partial charge in [0.1, 0.15) is 5.82 Å². The zero-order chi connectivity index (χ0) is 12.5. The maximum absolute atomic E-state index is 4.69. The third-order valence-corrected chi connectivity index (χ3v) is 4.59. The average Bonchev–Trinajstić information content (AvgIpc) is 2.97.